The Hall–Kier alpha value is -1.88. The summed E-state index contributed by atoms with van der Waals surface area (Å²) in [5, 5.41) is 0. The molecule has 1 fully saturated rings. The summed E-state index contributed by atoms with van der Waals surface area (Å²) in [5.74, 6) is -0.0718. The van der Waals surface area contributed by atoms with Crippen molar-refractivity contribution in [3.05, 3.63) is 29.3 Å². The van der Waals surface area contributed by atoms with Crippen molar-refractivity contribution in [2.24, 2.45) is 0 Å². The standard InChI is InChI=1S/C12H14N2O3/c13-11-7-9(1-2-10(11)8-15)12(16)14-3-5-17-6-4-14/h1-2,7-8H,3-6,13H2. The number of hydrogen-bond donors (Lipinski definition) is 1. The molecule has 5 nitrogen and oxygen atoms in total. The van der Waals surface area contributed by atoms with Gasteiger partial charge < -0.3 is 15.4 Å². The first-order valence-corrected chi connectivity index (χ1v) is 5.44. The number of nitrogens with two attached hydrogens (primary N) is 1. The van der Waals surface area contributed by atoms with Crippen LogP contribution in [0.3, 0.4) is 0 Å². The molecular formula is C12H14N2O3. The Bertz CT molecular complexity index is 439. The number of carbonyl (C=O) groups excluding carboxylic acids is 2. The lowest BCUT2D eigenvalue weighted by molar-refractivity contribution is 0.0303. The summed E-state index contributed by atoms with van der Waals surface area (Å²) in [6, 6.07) is 4.73. The lowest BCUT2D eigenvalue weighted by atomic mass is 10.1. The predicted octanol–water partition coefficient (Wildman–Crippen LogP) is 0.554. The van der Waals surface area contributed by atoms with Crippen LogP contribution in [0.15, 0.2) is 18.2 Å². The van der Waals surface area contributed by atoms with Crippen LogP contribution in [-0.2, 0) is 4.74 Å². The van der Waals surface area contributed by atoms with Crippen LogP contribution in [0.2, 0.25) is 0 Å². The van der Waals surface area contributed by atoms with Crippen molar-refractivity contribution < 1.29 is 14.3 Å². The lowest BCUT2D eigenvalue weighted by Crippen LogP contribution is -2.40. The summed E-state index contributed by atoms with van der Waals surface area (Å²) < 4.78 is 5.18. The molecule has 0 unspecified atom stereocenters. The average molecular weight is 234 g/mol. The van der Waals surface area contributed by atoms with Crippen molar-refractivity contribution in [1.29, 1.82) is 0 Å². The van der Waals surface area contributed by atoms with Crippen LogP contribution in [0.1, 0.15) is 20.7 Å². The van der Waals surface area contributed by atoms with Gasteiger partial charge in [0.2, 0.25) is 0 Å². The van der Waals surface area contributed by atoms with E-state index in [2.05, 4.69) is 0 Å². The summed E-state index contributed by atoms with van der Waals surface area (Å²) in [6.45, 7) is 2.31. The van der Waals surface area contributed by atoms with E-state index in [0.717, 1.165) is 0 Å². The molecule has 1 amide bonds. The second-order valence-electron chi connectivity index (χ2n) is 3.87. The van der Waals surface area contributed by atoms with Crippen molar-refractivity contribution in [2.45, 2.75) is 0 Å². The van der Waals surface area contributed by atoms with Gasteiger partial charge in [-0.2, -0.15) is 0 Å². The van der Waals surface area contributed by atoms with Gasteiger partial charge in [-0.05, 0) is 18.2 Å². The minimum Gasteiger partial charge on any atom is -0.398 e. The molecule has 0 bridgehead atoms. The monoisotopic (exact) mass is 234 g/mol. The number of morpholine rings is 1. The minimum atomic E-state index is -0.0718. The highest BCUT2D eigenvalue weighted by Crippen LogP contribution is 2.14. The fourth-order valence-corrected chi connectivity index (χ4v) is 1.76. The van der Waals surface area contributed by atoms with Gasteiger partial charge in [0.05, 0.1) is 13.2 Å². The number of benzene rings is 1. The molecule has 0 aromatic heterocycles. The number of carbonyl (C=O) groups is 2. The SMILES string of the molecule is Nc1cc(C(=O)N2CCOCC2)ccc1C=O. The molecule has 1 aliphatic rings. The van der Waals surface area contributed by atoms with Crippen molar-refractivity contribution in [3.8, 4) is 0 Å². The Balaban J connectivity index is 2.18. The highest BCUT2D eigenvalue weighted by Gasteiger charge is 2.18. The maximum Gasteiger partial charge on any atom is 0.254 e. The van der Waals surface area contributed by atoms with E-state index in [0.29, 0.717) is 49.4 Å². The molecule has 0 radical (unpaired) electrons. The molecule has 0 atom stereocenters. The average Bonchev–Trinajstić information content (AvgIpc) is 2.39. The van der Waals surface area contributed by atoms with Crippen LogP contribution >= 0.6 is 0 Å². The topological polar surface area (TPSA) is 72.6 Å². The van der Waals surface area contributed by atoms with Gasteiger partial charge >= 0.3 is 0 Å². The number of amides is 1. The molecule has 1 aromatic rings. The zero-order valence-corrected chi connectivity index (χ0v) is 9.39. The van der Waals surface area contributed by atoms with Gasteiger partial charge in [0, 0.05) is 29.9 Å². The Morgan fingerprint density at radius 2 is 2.06 bits per heavy atom. The van der Waals surface area contributed by atoms with Crippen LogP contribution < -0.4 is 5.73 Å². The molecule has 1 heterocycles. The molecule has 1 aliphatic heterocycles. The first kappa shape index (κ1) is 11.6. The van der Waals surface area contributed by atoms with Gasteiger partial charge in [-0.3, -0.25) is 9.59 Å². The van der Waals surface area contributed by atoms with E-state index in [1.54, 1.807) is 23.1 Å². The molecule has 0 aliphatic carbocycles. The van der Waals surface area contributed by atoms with E-state index in [1.165, 1.54) is 0 Å². The third kappa shape index (κ3) is 2.45. The van der Waals surface area contributed by atoms with E-state index < -0.39 is 0 Å². The zero-order valence-electron chi connectivity index (χ0n) is 9.39. The highest BCUT2D eigenvalue weighted by atomic mass is 16.5. The van der Waals surface area contributed by atoms with Gasteiger partial charge in [-0.15, -0.1) is 0 Å². The van der Waals surface area contributed by atoms with Gasteiger partial charge in [0.1, 0.15) is 0 Å². The molecular weight excluding hydrogens is 220 g/mol. The minimum absolute atomic E-state index is 0.0718. The zero-order chi connectivity index (χ0) is 12.3. The molecule has 1 saturated heterocycles. The normalized spacial score (nSPS) is 15.6. The van der Waals surface area contributed by atoms with Crippen molar-refractivity contribution in [2.75, 3.05) is 32.0 Å². The third-order valence-electron chi connectivity index (χ3n) is 2.76. The first-order chi connectivity index (χ1) is 8.22. The highest BCUT2D eigenvalue weighted by molar-refractivity contribution is 5.97. The van der Waals surface area contributed by atoms with Gasteiger partial charge in [-0.25, -0.2) is 0 Å². The maximum atomic E-state index is 12.1. The molecule has 0 saturated carbocycles. The van der Waals surface area contributed by atoms with E-state index in [-0.39, 0.29) is 5.91 Å². The van der Waals surface area contributed by atoms with E-state index in [1.807, 2.05) is 0 Å². The molecule has 0 spiro atoms. The summed E-state index contributed by atoms with van der Waals surface area (Å²) in [5.41, 5.74) is 6.92. The summed E-state index contributed by atoms with van der Waals surface area (Å²) >= 11 is 0. The van der Waals surface area contributed by atoms with Crippen LogP contribution in [-0.4, -0.2) is 43.4 Å². The third-order valence-corrected chi connectivity index (χ3v) is 2.76. The largest absolute Gasteiger partial charge is 0.398 e. The van der Waals surface area contributed by atoms with Crippen LogP contribution in [0.25, 0.3) is 0 Å². The fraction of sp³-hybridized carbons (Fsp3) is 0.333. The first-order valence-electron chi connectivity index (χ1n) is 5.44. The molecule has 2 rings (SSSR count). The van der Waals surface area contributed by atoms with Crippen molar-refractivity contribution in [1.82, 2.24) is 4.90 Å². The molecule has 2 N–H and O–H groups in total. The number of anilines is 1. The second-order valence-corrected chi connectivity index (χ2v) is 3.87. The number of hydrogen-bond acceptors (Lipinski definition) is 4. The maximum absolute atomic E-state index is 12.1. The fourth-order valence-electron chi connectivity index (χ4n) is 1.76. The Morgan fingerprint density at radius 3 is 2.65 bits per heavy atom. The van der Waals surface area contributed by atoms with Gasteiger partial charge in [-0.1, -0.05) is 0 Å². The van der Waals surface area contributed by atoms with Crippen molar-refractivity contribution >= 4 is 17.9 Å². The number of aldehydes is 1. The number of nitrogens with zero attached hydrogens (tertiary/aromatic N) is 1. The lowest BCUT2D eigenvalue weighted by Gasteiger charge is -2.27. The molecule has 90 valence electrons. The summed E-state index contributed by atoms with van der Waals surface area (Å²) in [6.07, 6.45) is 0.679. The Kier molecular flexibility index (Phi) is 3.39. The smallest absolute Gasteiger partial charge is 0.254 e. The van der Waals surface area contributed by atoms with E-state index in [9.17, 15) is 9.59 Å². The van der Waals surface area contributed by atoms with Gasteiger partial charge in [0.15, 0.2) is 6.29 Å². The predicted molar refractivity (Wildman–Crippen MR) is 63.0 cm³/mol. The van der Waals surface area contributed by atoms with E-state index in [4.69, 9.17) is 10.5 Å². The molecule has 5 heteroatoms. The van der Waals surface area contributed by atoms with Crippen LogP contribution in [0.5, 0.6) is 0 Å². The Morgan fingerprint density at radius 1 is 1.35 bits per heavy atom. The number of rotatable bonds is 2. The van der Waals surface area contributed by atoms with Gasteiger partial charge in [0.25, 0.3) is 5.91 Å². The number of ether oxygens (including phenoxy) is 1. The van der Waals surface area contributed by atoms with Crippen LogP contribution in [0.4, 0.5) is 5.69 Å². The second kappa shape index (κ2) is 4.97. The summed E-state index contributed by atoms with van der Waals surface area (Å²) in [7, 11) is 0. The van der Waals surface area contributed by atoms with Crippen molar-refractivity contribution in [3.63, 3.8) is 0 Å². The van der Waals surface area contributed by atoms with E-state index >= 15 is 0 Å². The molecule has 17 heavy (non-hydrogen) atoms. The summed E-state index contributed by atoms with van der Waals surface area (Å²) in [4.78, 5) is 24.4. The van der Waals surface area contributed by atoms with Crippen LogP contribution in [0, 0.1) is 0 Å². The Labute approximate surface area is 99.2 Å². The quantitative estimate of drug-likeness (QED) is 0.599. The molecule has 1 aromatic carbocycles. The number of nitrogen functional groups attached to an aromatic ring is 1.